The molecule has 0 spiro atoms. The second-order valence-electron chi connectivity index (χ2n) is 8.43. The van der Waals surface area contributed by atoms with Crippen LogP contribution in [0.3, 0.4) is 0 Å². The van der Waals surface area contributed by atoms with Gasteiger partial charge in [-0.2, -0.15) is 0 Å². The number of likely N-dealkylation sites (tertiary alicyclic amines) is 1. The number of piperidine rings is 1. The molecular weight excluding hydrogens is 505 g/mol. The molecule has 0 radical (unpaired) electrons. The molecule has 1 aromatic carbocycles. The van der Waals surface area contributed by atoms with E-state index in [0.717, 1.165) is 57.0 Å². The van der Waals surface area contributed by atoms with Gasteiger partial charge in [0.1, 0.15) is 0 Å². The molecule has 2 aliphatic rings. The van der Waals surface area contributed by atoms with Crippen LogP contribution in [0.1, 0.15) is 45.1 Å². The van der Waals surface area contributed by atoms with Crippen LogP contribution in [0, 0.1) is 5.92 Å². The van der Waals surface area contributed by atoms with Crippen molar-refractivity contribution in [2.75, 3.05) is 38.1 Å². The molecule has 8 heteroatoms. The molecule has 2 N–H and O–H groups in total. The molecule has 2 heterocycles. The highest BCUT2D eigenvalue weighted by Gasteiger charge is 2.25. The van der Waals surface area contributed by atoms with E-state index in [1.807, 2.05) is 41.8 Å². The number of aliphatic imine (C=N–C) groups is 1. The molecule has 2 aliphatic heterocycles. The number of carbonyl (C=O) groups excluding carboxylic acids is 2. The molecule has 7 nitrogen and oxygen atoms in total. The summed E-state index contributed by atoms with van der Waals surface area (Å²) in [5.41, 5.74) is 2.32. The Bertz CT molecular complexity index is 775. The number of hydrogen-bond acceptors (Lipinski definition) is 3. The van der Waals surface area contributed by atoms with Gasteiger partial charge in [0, 0.05) is 57.3 Å². The number of halogens is 1. The van der Waals surface area contributed by atoms with Crippen molar-refractivity contribution in [3.8, 4) is 0 Å². The third kappa shape index (κ3) is 6.82. The Morgan fingerprint density at radius 1 is 1.16 bits per heavy atom. The standard InChI is InChI=1S/C23H35N5O2.HI/c1-17(2)22(30)27-14-11-19(12-15-27)26-23(24-3)25-13-6-9-21(29)28-16-10-18-7-4-5-8-20(18)28;/h4-5,7-8,17,19H,6,9-16H2,1-3H3,(H2,24,25,26);1H. The van der Waals surface area contributed by atoms with Crippen molar-refractivity contribution in [2.45, 2.75) is 52.0 Å². The number of nitrogens with zero attached hydrogens (tertiary/aromatic N) is 3. The highest BCUT2D eigenvalue weighted by atomic mass is 127. The van der Waals surface area contributed by atoms with Crippen LogP contribution in [0.5, 0.6) is 0 Å². The fourth-order valence-electron chi connectivity index (χ4n) is 4.18. The monoisotopic (exact) mass is 541 g/mol. The van der Waals surface area contributed by atoms with Gasteiger partial charge in [0.15, 0.2) is 5.96 Å². The van der Waals surface area contributed by atoms with Crippen molar-refractivity contribution in [3.05, 3.63) is 29.8 Å². The van der Waals surface area contributed by atoms with Crippen LogP contribution in [0.2, 0.25) is 0 Å². The Morgan fingerprint density at radius 2 is 1.87 bits per heavy atom. The van der Waals surface area contributed by atoms with Gasteiger partial charge in [-0.15, -0.1) is 24.0 Å². The molecule has 0 saturated carbocycles. The fraction of sp³-hybridized carbons (Fsp3) is 0.609. The Kier molecular flexibility index (Phi) is 10.1. The quantitative estimate of drug-likeness (QED) is 0.252. The van der Waals surface area contributed by atoms with Gasteiger partial charge in [0.25, 0.3) is 0 Å². The Morgan fingerprint density at radius 3 is 2.55 bits per heavy atom. The van der Waals surface area contributed by atoms with Crippen LogP contribution in [-0.4, -0.2) is 61.9 Å². The second kappa shape index (κ2) is 12.3. The first-order valence-corrected chi connectivity index (χ1v) is 11.1. The van der Waals surface area contributed by atoms with Gasteiger partial charge < -0.3 is 20.4 Å². The van der Waals surface area contributed by atoms with E-state index in [1.54, 1.807) is 7.05 Å². The fourth-order valence-corrected chi connectivity index (χ4v) is 4.18. The maximum atomic E-state index is 12.6. The molecule has 1 aromatic rings. The number of hydrogen-bond donors (Lipinski definition) is 2. The predicted octanol–water partition coefficient (Wildman–Crippen LogP) is 2.79. The summed E-state index contributed by atoms with van der Waals surface area (Å²) in [7, 11) is 1.76. The summed E-state index contributed by atoms with van der Waals surface area (Å²) in [6.07, 6.45) is 4.07. The summed E-state index contributed by atoms with van der Waals surface area (Å²) in [5.74, 6) is 1.25. The zero-order valence-corrected chi connectivity index (χ0v) is 21.2. The molecule has 2 amide bonds. The first-order chi connectivity index (χ1) is 14.5. The van der Waals surface area contributed by atoms with Crippen molar-refractivity contribution in [2.24, 2.45) is 10.9 Å². The average Bonchev–Trinajstić information content (AvgIpc) is 3.20. The Hall–Kier alpha value is -1.84. The zero-order chi connectivity index (χ0) is 21.5. The number of anilines is 1. The minimum atomic E-state index is 0. The number of carbonyl (C=O) groups is 2. The summed E-state index contributed by atoms with van der Waals surface area (Å²) < 4.78 is 0. The number of benzene rings is 1. The van der Waals surface area contributed by atoms with Crippen molar-refractivity contribution in [1.29, 1.82) is 0 Å². The summed E-state index contributed by atoms with van der Waals surface area (Å²) in [6, 6.07) is 8.47. The first kappa shape index (κ1) is 25.4. The van der Waals surface area contributed by atoms with Crippen LogP contribution >= 0.6 is 24.0 Å². The maximum Gasteiger partial charge on any atom is 0.227 e. The van der Waals surface area contributed by atoms with Crippen LogP contribution < -0.4 is 15.5 Å². The van der Waals surface area contributed by atoms with Crippen LogP contribution in [0.15, 0.2) is 29.3 Å². The lowest BCUT2D eigenvalue weighted by Gasteiger charge is -2.34. The first-order valence-electron chi connectivity index (χ1n) is 11.1. The minimum absolute atomic E-state index is 0. The smallest absolute Gasteiger partial charge is 0.227 e. The van der Waals surface area contributed by atoms with E-state index in [9.17, 15) is 9.59 Å². The predicted molar refractivity (Wildman–Crippen MR) is 136 cm³/mol. The largest absolute Gasteiger partial charge is 0.356 e. The number of rotatable bonds is 6. The van der Waals surface area contributed by atoms with Gasteiger partial charge in [0.05, 0.1) is 0 Å². The number of nitrogens with one attached hydrogen (secondary N) is 2. The van der Waals surface area contributed by atoms with E-state index in [-0.39, 0.29) is 41.7 Å². The van der Waals surface area contributed by atoms with E-state index < -0.39 is 0 Å². The number of fused-ring (bicyclic) bond motifs is 1. The molecule has 3 rings (SSSR count). The lowest BCUT2D eigenvalue weighted by atomic mass is 10.0. The van der Waals surface area contributed by atoms with Crippen LogP contribution in [0.25, 0.3) is 0 Å². The van der Waals surface area contributed by atoms with E-state index in [1.165, 1.54) is 5.56 Å². The van der Waals surface area contributed by atoms with Gasteiger partial charge in [-0.05, 0) is 37.3 Å². The maximum absolute atomic E-state index is 12.6. The lowest BCUT2D eigenvalue weighted by molar-refractivity contribution is -0.135. The third-order valence-electron chi connectivity index (χ3n) is 5.91. The average molecular weight is 541 g/mol. The van der Waals surface area contributed by atoms with Crippen molar-refractivity contribution >= 4 is 47.4 Å². The molecule has 0 aromatic heterocycles. The molecule has 31 heavy (non-hydrogen) atoms. The molecule has 0 bridgehead atoms. The van der Waals surface area contributed by atoms with E-state index in [4.69, 9.17) is 0 Å². The molecule has 1 fully saturated rings. The summed E-state index contributed by atoms with van der Waals surface area (Å²) in [6.45, 7) is 6.96. The molecule has 172 valence electrons. The Balaban J connectivity index is 0.00000341. The van der Waals surface area contributed by atoms with Gasteiger partial charge >= 0.3 is 0 Å². The van der Waals surface area contributed by atoms with E-state index >= 15 is 0 Å². The topological polar surface area (TPSA) is 77.0 Å². The lowest BCUT2D eigenvalue weighted by Crippen LogP contribution is -2.50. The summed E-state index contributed by atoms with van der Waals surface area (Å²) >= 11 is 0. The molecular formula is C23H36IN5O2. The third-order valence-corrected chi connectivity index (χ3v) is 5.91. The normalized spacial score (nSPS) is 16.7. The summed E-state index contributed by atoms with van der Waals surface area (Å²) in [4.78, 5) is 32.9. The Labute approximate surface area is 203 Å². The number of para-hydroxylation sites is 1. The van der Waals surface area contributed by atoms with Crippen LogP contribution in [0.4, 0.5) is 5.69 Å². The van der Waals surface area contributed by atoms with Crippen molar-refractivity contribution < 1.29 is 9.59 Å². The van der Waals surface area contributed by atoms with E-state index in [2.05, 4.69) is 21.7 Å². The number of amides is 2. The summed E-state index contributed by atoms with van der Waals surface area (Å²) in [5, 5.41) is 6.78. The second-order valence-corrected chi connectivity index (χ2v) is 8.43. The number of guanidine groups is 1. The van der Waals surface area contributed by atoms with E-state index in [0.29, 0.717) is 19.0 Å². The van der Waals surface area contributed by atoms with Gasteiger partial charge in [0.2, 0.25) is 11.8 Å². The van der Waals surface area contributed by atoms with Gasteiger partial charge in [-0.3, -0.25) is 14.6 Å². The highest BCUT2D eigenvalue weighted by Crippen LogP contribution is 2.27. The highest BCUT2D eigenvalue weighted by molar-refractivity contribution is 14.0. The molecule has 0 aliphatic carbocycles. The minimum Gasteiger partial charge on any atom is -0.356 e. The van der Waals surface area contributed by atoms with Gasteiger partial charge in [-0.25, -0.2) is 0 Å². The molecule has 1 saturated heterocycles. The van der Waals surface area contributed by atoms with Crippen molar-refractivity contribution in [1.82, 2.24) is 15.5 Å². The SMILES string of the molecule is CN=C(NCCCC(=O)N1CCc2ccccc21)NC1CCN(C(=O)C(C)C)CC1.I. The van der Waals surface area contributed by atoms with Crippen LogP contribution in [-0.2, 0) is 16.0 Å². The van der Waals surface area contributed by atoms with Gasteiger partial charge in [-0.1, -0.05) is 32.0 Å². The van der Waals surface area contributed by atoms with Crippen molar-refractivity contribution in [3.63, 3.8) is 0 Å². The molecule has 0 unspecified atom stereocenters. The molecule has 0 atom stereocenters. The zero-order valence-electron chi connectivity index (χ0n) is 18.9.